The van der Waals surface area contributed by atoms with Gasteiger partial charge in [0.15, 0.2) is 0 Å². The van der Waals surface area contributed by atoms with E-state index in [0.717, 1.165) is 36.2 Å². The fraction of sp³-hybridized carbons (Fsp3) is 0.647. The summed E-state index contributed by atoms with van der Waals surface area (Å²) in [5.41, 5.74) is 1.31. The molecule has 0 saturated carbocycles. The summed E-state index contributed by atoms with van der Waals surface area (Å²) in [6, 6.07) is 6.76. The molecule has 118 valence electrons. The largest absolute Gasteiger partial charge is 0.493 e. The van der Waals surface area contributed by atoms with Crippen molar-refractivity contribution in [3.63, 3.8) is 0 Å². The third-order valence-electron chi connectivity index (χ3n) is 4.09. The predicted octanol–water partition coefficient (Wildman–Crippen LogP) is 4.31. The molecule has 4 heteroatoms. The molecule has 2 rings (SSSR count). The molecular formula is C17H26BrNO2. The first-order valence-corrected chi connectivity index (χ1v) is 8.73. The van der Waals surface area contributed by atoms with Crippen molar-refractivity contribution in [3.8, 4) is 5.75 Å². The Balaban J connectivity index is 2.21. The number of rotatable bonds is 7. The zero-order valence-corrected chi connectivity index (χ0v) is 14.8. The number of benzene rings is 1. The Morgan fingerprint density at radius 3 is 2.81 bits per heavy atom. The molecule has 1 N–H and O–H groups in total. The maximum absolute atomic E-state index is 5.76. The predicted molar refractivity (Wildman–Crippen MR) is 89.9 cm³/mol. The molecule has 1 aliphatic heterocycles. The monoisotopic (exact) mass is 355 g/mol. The number of nitrogens with one attached hydrogen (secondary N) is 1. The van der Waals surface area contributed by atoms with Gasteiger partial charge in [0.1, 0.15) is 5.75 Å². The average molecular weight is 356 g/mol. The summed E-state index contributed by atoms with van der Waals surface area (Å²) < 4.78 is 12.4. The van der Waals surface area contributed by atoms with E-state index >= 15 is 0 Å². The molecule has 3 unspecified atom stereocenters. The van der Waals surface area contributed by atoms with E-state index in [9.17, 15) is 0 Å². The van der Waals surface area contributed by atoms with E-state index in [1.165, 1.54) is 5.56 Å². The summed E-state index contributed by atoms with van der Waals surface area (Å²) in [7, 11) is 0. The van der Waals surface area contributed by atoms with Gasteiger partial charge in [-0.1, -0.05) is 13.0 Å². The SMILES string of the molecule is CCCNC(c1ccc(OCC)c(Br)c1)C1CCOC1C. The van der Waals surface area contributed by atoms with Crippen LogP contribution in [0, 0.1) is 5.92 Å². The third kappa shape index (κ3) is 4.21. The van der Waals surface area contributed by atoms with Gasteiger partial charge in [0.2, 0.25) is 0 Å². The average Bonchev–Trinajstić information content (AvgIpc) is 2.89. The maximum Gasteiger partial charge on any atom is 0.133 e. The highest BCUT2D eigenvalue weighted by Gasteiger charge is 2.32. The molecule has 0 spiro atoms. The summed E-state index contributed by atoms with van der Waals surface area (Å²) in [5, 5.41) is 3.70. The minimum Gasteiger partial charge on any atom is -0.493 e. The lowest BCUT2D eigenvalue weighted by Crippen LogP contribution is -2.32. The van der Waals surface area contributed by atoms with Gasteiger partial charge in [0.05, 0.1) is 17.2 Å². The van der Waals surface area contributed by atoms with Crippen LogP contribution in [0.1, 0.15) is 45.2 Å². The molecule has 1 saturated heterocycles. The van der Waals surface area contributed by atoms with Crippen LogP contribution in [-0.4, -0.2) is 25.9 Å². The van der Waals surface area contributed by atoms with Crippen LogP contribution in [0.3, 0.4) is 0 Å². The third-order valence-corrected chi connectivity index (χ3v) is 4.71. The normalized spacial score (nSPS) is 23.2. The topological polar surface area (TPSA) is 30.5 Å². The first kappa shape index (κ1) is 16.8. The summed E-state index contributed by atoms with van der Waals surface area (Å²) in [5.74, 6) is 1.44. The molecule has 1 heterocycles. The molecule has 0 amide bonds. The molecule has 3 atom stereocenters. The molecule has 1 aromatic rings. The van der Waals surface area contributed by atoms with E-state index in [4.69, 9.17) is 9.47 Å². The van der Waals surface area contributed by atoms with Gasteiger partial charge < -0.3 is 14.8 Å². The Hall–Kier alpha value is -0.580. The first-order chi connectivity index (χ1) is 10.2. The van der Waals surface area contributed by atoms with Crippen molar-refractivity contribution in [2.75, 3.05) is 19.8 Å². The lowest BCUT2D eigenvalue weighted by atomic mass is 9.88. The molecule has 0 aromatic heterocycles. The van der Waals surface area contributed by atoms with E-state index in [1.54, 1.807) is 0 Å². The van der Waals surface area contributed by atoms with Crippen molar-refractivity contribution in [1.82, 2.24) is 5.32 Å². The van der Waals surface area contributed by atoms with Crippen LogP contribution in [0.15, 0.2) is 22.7 Å². The van der Waals surface area contributed by atoms with Crippen LogP contribution < -0.4 is 10.1 Å². The van der Waals surface area contributed by atoms with Crippen molar-refractivity contribution >= 4 is 15.9 Å². The van der Waals surface area contributed by atoms with Gasteiger partial charge in [0, 0.05) is 18.6 Å². The van der Waals surface area contributed by atoms with Crippen LogP contribution in [0.4, 0.5) is 0 Å². The van der Waals surface area contributed by atoms with Gasteiger partial charge in [-0.15, -0.1) is 0 Å². The number of hydrogen-bond donors (Lipinski definition) is 1. The molecule has 0 aliphatic carbocycles. The molecular weight excluding hydrogens is 330 g/mol. The van der Waals surface area contributed by atoms with E-state index < -0.39 is 0 Å². The molecule has 1 aliphatic rings. The van der Waals surface area contributed by atoms with Gasteiger partial charge in [-0.2, -0.15) is 0 Å². The molecule has 1 fully saturated rings. The zero-order valence-electron chi connectivity index (χ0n) is 13.2. The van der Waals surface area contributed by atoms with Crippen LogP contribution in [0.2, 0.25) is 0 Å². The second-order valence-corrected chi connectivity index (χ2v) is 6.44. The van der Waals surface area contributed by atoms with Gasteiger partial charge >= 0.3 is 0 Å². The van der Waals surface area contributed by atoms with Gasteiger partial charge in [-0.05, 0) is 66.9 Å². The van der Waals surface area contributed by atoms with E-state index in [1.807, 2.05) is 6.92 Å². The second-order valence-electron chi connectivity index (χ2n) is 5.58. The molecule has 0 bridgehead atoms. The van der Waals surface area contributed by atoms with E-state index in [-0.39, 0.29) is 0 Å². The Kier molecular flexibility index (Phi) is 6.52. The van der Waals surface area contributed by atoms with Crippen LogP contribution >= 0.6 is 15.9 Å². The zero-order chi connectivity index (χ0) is 15.2. The Bertz CT molecular complexity index is 452. The summed E-state index contributed by atoms with van der Waals surface area (Å²) in [6.45, 7) is 8.97. The van der Waals surface area contributed by atoms with Gasteiger partial charge in [-0.25, -0.2) is 0 Å². The smallest absolute Gasteiger partial charge is 0.133 e. The van der Waals surface area contributed by atoms with Crippen molar-refractivity contribution in [1.29, 1.82) is 0 Å². The highest BCUT2D eigenvalue weighted by Crippen LogP contribution is 2.36. The fourth-order valence-corrected chi connectivity index (χ4v) is 3.50. The van der Waals surface area contributed by atoms with Crippen LogP contribution in [0.5, 0.6) is 5.75 Å². The van der Waals surface area contributed by atoms with E-state index in [0.29, 0.717) is 24.7 Å². The van der Waals surface area contributed by atoms with Crippen LogP contribution in [-0.2, 0) is 4.74 Å². The number of halogens is 1. The fourth-order valence-electron chi connectivity index (χ4n) is 2.99. The standard InChI is InChI=1S/C17H26BrNO2/c1-4-9-19-17(14-8-10-21-12(14)3)13-6-7-16(20-5-2)15(18)11-13/h6-7,11-12,14,17,19H,4-5,8-10H2,1-3H3. The minimum atomic E-state index is 0.310. The molecule has 1 aromatic carbocycles. The van der Waals surface area contributed by atoms with Gasteiger partial charge in [0.25, 0.3) is 0 Å². The number of hydrogen-bond acceptors (Lipinski definition) is 3. The first-order valence-electron chi connectivity index (χ1n) is 7.94. The Morgan fingerprint density at radius 2 is 2.24 bits per heavy atom. The maximum atomic E-state index is 5.76. The lowest BCUT2D eigenvalue weighted by Gasteiger charge is -2.28. The summed E-state index contributed by atoms with van der Waals surface area (Å²) >= 11 is 3.62. The second kappa shape index (κ2) is 8.16. The minimum absolute atomic E-state index is 0.310. The highest BCUT2D eigenvalue weighted by molar-refractivity contribution is 9.10. The highest BCUT2D eigenvalue weighted by atomic mass is 79.9. The van der Waals surface area contributed by atoms with Crippen LogP contribution in [0.25, 0.3) is 0 Å². The molecule has 3 nitrogen and oxygen atoms in total. The Morgan fingerprint density at radius 1 is 1.43 bits per heavy atom. The van der Waals surface area contributed by atoms with Crippen molar-refractivity contribution < 1.29 is 9.47 Å². The quantitative estimate of drug-likeness (QED) is 0.790. The van der Waals surface area contributed by atoms with Crippen molar-refractivity contribution in [2.24, 2.45) is 5.92 Å². The van der Waals surface area contributed by atoms with Crippen molar-refractivity contribution in [2.45, 2.75) is 45.8 Å². The molecule has 21 heavy (non-hydrogen) atoms. The van der Waals surface area contributed by atoms with Gasteiger partial charge in [-0.3, -0.25) is 0 Å². The Labute approximate surface area is 136 Å². The van der Waals surface area contributed by atoms with Crippen molar-refractivity contribution in [3.05, 3.63) is 28.2 Å². The number of ether oxygens (including phenoxy) is 2. The lowest BCUT2D eigenvalue weighted by molar-refractivity contribution is 0.0953. The summed E-state index contributed by atoms with van der Waals surface area (Å²) in [4.78, 5) is 0. The molecule has 0 radical (unpaired) electrons. The summed E-state index contributed by atoms with van der Waals surface area (Å²) in [6.07, 6.45) is 2.56. The van der Waals surface area contributed by atoms with E-state index in [2.05, 4.69) is 53.3 Å².